The Morgan fingerprint density at radius 3 is 2.63 bits per heavy atom. The minimum absolute atomic E-state index is 0.146. The fourth-order valence-electron chi connectivity index (χ4n) is 2.66. The van der Waals surface area contributed by atoms with E-state index in [9.17, 15) is 9.18 Å². The molecule has 0 aliphatic heterocycles. The fraction of sp³-hybridized carbons (Fsp3) is 0.533. The number of carbonyl (C=O) groups is 1. The van der Waals surface area contributed by atoms with Crippen LogP contribution in [-0.2, 0) is 4.79 Å². The number of anilines is 1. The van der Waals surface area contributed by atoms with E-state index in [0.29, 0.717) is 12.5 Å². The molecule has 3 N–H and O–H groups in total. The highest BCUT2D eigenvalue weighted by atomic mass is 19.1. The summed E-state index contributed by atoms with van der Waals surface area (Å²) in [6, 6.07) is 6.22. The quantitative estimate of drug-likeness (QED) is 0.882. The molecule has 0 unspecified atom stereocenters. The number of carbonyl (C=O) groups excluding carboxylic acids is 1. The Morgan fingerprint density at radius 1 is 1.42 bits per heavy atom. The van der Waals surface area contributed by atoms with Gasteiger partial charge in [0.15, 0.2) is 0 Å². The summed E-state index contributed by atoms with van der Waals surface area (Å²) < 4.78 is 13.6. The van der Waals surface area contributed by atoms with Gasteiger partial charge in [-0.1, -0.05) is 19.1 Å². The van der Waals surface area contributed by atoms with Gasteiger partial charge in [-0.05, 0) is 43.7 Å². The number of amides is 1. The first kappa shape index (κ1) is 14.0. The minimum Gasteiger partial charge on any atom is -0.329 e. The smallest absolute Gasteiger partial charge is 0.231 e. The lowest BCUT2D eigenvalue weighted by atomic mass is 9.70. The molecule has 4 heteroatoms. The molecular formula is C15H21FN2O. The van der Waals surface area contributed by atoms with Crippen molar-refractivity contribution < 1.29 is 9.18 Å². The Morgan fingerprint density at radius 2 is 2.05 bits per heavy atom. The summed E-state index contributed by atoms with van der Waals surface area (Å²) in [5, 5.41) is 2.69. The molecule has 19 heavy (non-hydrogen) atoms. The van der Waals surface area contributed by atoms with Gasteiger partial charge in [-0.3, -0.25) is 4.79 Å². The van der Waals surface area contributed by atoms with Crippen molar-refractivity contribution in [1.82, 2.24) is 0 Å². The topological polar surface area (TPSA) is 55.1 Å². The predicted molar refractivity (Wildman–Crippen MR) is 74.1 cm³/mol. The number of para-hydroxylation sites is 1. The number of nitrogens with one attached hydrogen (secondary N) is 1. The summed E-state index contributed by atoms with van der Waals surface area (Å²) in [6.07, 6.45) is 3.57. The second-order valence-electron chi connectivity index (χ2n) is 5.60. The molecule has 1 aliphatic carbocycles. The van der Waals surface area contributed by atoms with Gasteiger partial charge in [0.1, 0.15) is 5.82 Å². The van der Waals surface area contributed by atoms with Crippen LogP contribution < -0.4 is 11.1 Å². The van der Waals surface area contributed by atoms with Gasteiger partial charge in [0, 0.05) is 6.54 Å². The van der Waals surface area contributed by atoms with E-state index in [-0.39, 0.29) is 11.6 Å². The SMILES string of the molecule is CC1CCC(CN)(C(=O)Nc2ccccc2F)CC1. The zero-order valence-corrected chi connectivity index (χ0v) is 11.3. The van der Waals surface area contributed by atoms with Gasteiger partial charge >= 0.3 is 0 Å². The van der Waals surface area contributed by atoms with Crippen molar-refractivity contribution in [2.24, 2.45) is 17.1 Å². The van der Waals surface area contributed by atoms with Crippen LogP contribution >= 0.6 is 0 Å². The summed E-state index contributed by atoms with van der Waals surface area (Å²) in [5.41, 5.74) is 5.52. The lowest BCUT2D eigenvalue weighted by Gasteiger charge is -2.37. The van der Waals surface area contributed by atoms with Crippen LogP contribution in [0.2, 0.25) is 0 Å². The first-order valence-corrected chi connectivity index (χ1v) is 6.83. The lowest BCUT2D eigenvalue weighted by Crippen LogP contribution is -2.44. The summed E-state index contributed by atoms with van der Waals surface area (Å²) >= 11 is 0. The lowest BCUT2D eigenvalue weighted by molar-refractivity contribution is -0.127. The molecular weight excluding hydrogens is 243 g/mol. The molecule has 104 valence electrons. The molecule has 0 saturated heterocycles. The number of nitrogens with two attached hydrogens (primary N) is 1. The van der Waals surface area contributed by atoms with E-state index >= 15 is 0 Å². The highest BCUT2D eigenvalue weighted by Crippen LogP contribution is 2.39. The molecule has 3 nitrogen and oxygen atoms in total. The van der Waals surface area contributed by atoms with Crippen molar-refractivity contribution in [3.63, 3.8) is 0 Å². The van der Waals surface area contributed by atoms with E-state index in [4.69, 9.17) is 5.73 Å². The molecule has 1 saturated carbocycles. The molecule has 0 radical (unpaired) electrons. The molecule has 0 aromatic heterocycles. The third-order valence-electron chi connectivity index (χ3n) is 4.23. The first-order valence-electron chi connectivity index (χ1n) is 6.83. The van der Waals surface area contributed by atoms with Gasteiger partial charge < -0.3 is 11.1 Å². The fourth-order valence-corrected chi connectivity index (χ4v) is 2.66. The van der Waals surface area contributed by atoms with Gasteiger partial charge in [0.05, 0.1) is 11.1 Å². The van der Waals surface area contributed by atoms with E-state index in [2.05, 4.69) is 12.2 Å². The summed E-state index contributed by atoms with van der Waals surface area (Å²) in [6.45, 7) is 2.51. The maximum absolute atomic E-state index is 13.6. The van der Waals surface area contributed by atoms with E-state index in [1.54, 1.807) is 18.2 Å². The van der Waals surface area contributed by atoms with Crippen LogP contribution in [0.15, 0.2) is 24.3 Å². The number of hydrogen-bond acceptors (Lipinski definition) is 2. The normalized spacial score (nSPS) is 27.0. The van der Waals surface area contributed by atoms with E-state index in [1.807, 2.05) is 0 Å². The number of benzene rings is 1. The van der Waals surface area contributed by atoms with Crippen molar-refractivity contribution in [1.29, 1.82) is 0 Å². The maximum atomic E-state index is 13.6. The second kappa shape index (κ2) is 5.70. The van der Waals surface area contributed by atoms with Crippen molar-refractivity contribution in [2.45, 2.75) is 32.6 Å². The molecule has 0 heterocycles. The van der Waals surface area contributed by atoms with Crippen LogP contribution in [0.25, 0.3) is 0 Å². The van der Waals surface area contributed by atoms with Crippen LogP contribution in [0.1, 0.15) is 32.6 Å². The van der Waals surface area contributed by atoms with Gasteiger partial charge in [0.25, 0.3) is 0 Å². The summed E-state index contributed by atoms with van der Waals surface area (Å²) in [7, 11) is 0. The van der Waals surface area contributed by atoms with Crippen LogP contribution in [0, 0.1) is 17.2 Å². The van der Waals surface area contributed by atoms with Gasteiger partial charge in [0.2, 0.25) is 5.91 Å². The zero-order valence-electron chi connectivity index (χ0n) is 11.3. The van der Waals surface area contributed by atoms with Crippen LogP contribution in [0.4, 0.5) is 10.1 Å². The molecule has 1 fully saturated rings. The standard InChI is InChI=1S/C15H21FN2O/c1-11-6-8-15(10-17,9-7-11)14(19)18-13-5-3-2-4-12(13)16/h2-5,11H,6-10,17H2,1H3,(H,18,19). The van der Waals surface area contributed by atoms with Crippen LogP contribution in [-0.4, -0.2) is 12.5 Å². The molecule has 1 aliphatic rings. The number of hydrogen-bond donors (Lipinski definition) is 2. The van der Waals surface area contributed by atoms with Gasteiger partial charge in [-0.2, -0.15) is 0 Å². The number of rotatable bonds is 3. The Balaban J connectivity index is 2.12. The second-order valence-corrected chi connectivity index (χ2v) is 5.60. The highest BCUT2D eigenvalue weighted by Gasteiger charge is 2.39. The van der Waals surface area contributed by atoms with Crippen molar-refractivity contribution >= 4 is 11.6 Å². The number of halogens is 1. The monoisotopic (exact) mass is 264 g/mol. The zero-order chi connectivity index (χ0) is 13.9. The average molecular weight is 264 g/mol. The third kappa shape index (κ3) is 2.95. The van der Waals surface area contributed by atoms with E-state index in [0.717, 1.165) is 25.7 Å². The molecule has 1 amide bonds. The first-order chi connectivity index (χ1) is 9.07. The Bertz CT molecular complexity index is 453. The molecule has 0 bridgehead atoms. The van der Waals surface area contributed by atoms with Gasteiger partial charge in [-0.15, -0.1) is 0 Å². The van der Waals surface area contributed by atoms with Crippen LogP contribution in [0.5, 0.6) is 0 Å². The summed E-state index contributed by atoms with van der Waals surface area (Å²) in [5.74, 6) is 0.0835. The van der Waals surface area contributed by atoms with Crippen molar-refractivity contribution in [3.8, 4) is 0 Å². The molecule has 1 aromatic carbocycles. The largest absolute Gasteiger partial charge is 0.329 e. The molecule has 2 rings (SSSR count). The summed E-state index contributed by atoms with van der Waals surface area (Å²) in [4.78, 5) is 12.4. The Kier molecular flexibility index (Phi) is 4.20. The van der Waals surface area contributed by atoms with Crippen molar-refractivity contribution in [3.05, 3.63) is 30.1 Å². The average Bonchev–Trinajstić information content (AvgIpc) is 2.42. The van der Waals surface area contributed by atoms with E-state index < -0.39 is 11.2 Å². The van der Waals surface area contributed by atoms with E-state index in [1.165, 1.54) is 6.07 Å². The third-order valence-corrected chi connectivity index (χ3v) is 4.23. The van der Waals surface area contributed by atoms with Gasteiger partial charge in [-0.25, -0.2) is 4.39 Å². The van der Waals surface area contributed by atoms with Crippen LogP contribution in [0.3, 0.4) is 0 Å². The van der Waals surface area contributed by atoms with Crippen molar-refractivity contribution in [2.75, 3.05) is 11.9 Å². The molecule has 0 spiro atoms. The Hall–Kier alpha value is -1.42. The highest BCUT2D eigenvalue weighted by molar-refractivity contribution is 5.95. The maximum Gasteiger partial charge on any atom is 0.231 e. The Labute approximate surface area is 113 Å². The molecule has 1 aromatic rings. The minimum atomic E-state index is -0.533. The predicted octanol–water partition coefficient (Wildman–Crippen LogP) is 2.92. The molecule has 0 atom stereocenters.